The van der Waals surface area contributed by atoms with Gasteiger partial charge in [0.15, 0.2) is 11.8 Å². The number of ether oxygens (including phenoxy) is 1. The van der Waals surface area contributed by atoms with E-state index in [4.69, 9.17) is 10.5 Å². The second-order valence-corrected chi connectivity index (χ2v) is 7.14. The Bertz CT molecular complexity index is 484. The van der Waals surface area contributed by atoms with Crippen molar-refractivity contribution in [2.24, 2.45) is 17.1 Å². The molecule has 23 heavy (non-hydrogen) atoms. The monoisotopic (exact) mass is 336 g/mol. The Morgan fingerprint density at radius 1 is 1.30 bits per heavy atom. The Morgan fingerprint density at radius 3 is 2.30 bits per heavy atom. The normalized spacial score (nSPS) is 41.4. The first kappa shape index (κ1) is 18.5. The van der Waals surface area contributed by atoms with E-state index >= 15 is 0 Å². The average Bonchev–Trinajstić information content (AvgIpc) is 2.43. The molecule has 2 bridgehead atoms. The summed E-state index contributed by atoms with van der Waals surface area (Å²) in [6.07, 6.45) is -5.00. The zero-order valence-electron chi connectivity index (χ0n) is 13.9. The number of fused-ring (bicyclic) bond motifs is 2. The molecule has 2 aliphatic rings. The number of alkyl halides is 2. The first-order valence-electron chi connectivity index (χ1n) is 7.93. The van der Waals surface area contributed by atoms with Crippen LogP contribution >= 0.6 is 0 Å². The largest absolute Gasteiger partial charge is 0.387 e. The van der Waals surface area contributed by atoms with E-state index in [0.29, 0.717) is 13.1 Å². The van der Waals surface area contributed by atoms with Crippen LogP contribution in [0, 0.1) is 11.3 Å². The molecule has 2 heterocycles. The summed E-state index contributed by atoms with van der Waals surface area (Å²) in [7, 11) is 0. The number of carbonyl (C=O) groups is 1. The standard InChI is InChI=1S/C15H26F2N2O4/c1-5-19(6-2)12(22)10-13(3,4)7-8-9(20)11(21)14(16,17)15(10,18)23-8/h8-11,20-21H,5-7,18H2,1-4H3/t8-,9+,10+,11-,15+/m1/s1. The molecule has 2 rings (SSSR count). The van der Waals surface area contributed by atoms with Crippen LogP contribution in [0.3, 0.4) is 0 Å². The van der Waals surface area contributed by atoms with Crippen molar-refractivity contribution in [2.45, 2.75) is 64.1 Å². The van der Waals surface area contributed by atoms with Gasteiger partial charge in [-0.2, -0.15) is 8.78 Å². The number of nitrogens with two attached hydrogens (primary N) is 1. The molecule has 0 unspecified atom stereocenters. The number of hydrogen-bond donors (Lipinski definition) is 3. The van der Waals surface area contributed by atoms with Gasteiger partial charge in [-0.3, -0.25) is 10.5 Å². The molecular formula is C15H26F2N2O4. The predicted molar refractivity (Wildman–Crippen MR) is 78.6 cm³/mol. The topological polar surface area (TPSA) is 96.0 Å². The van der Waals surface area contributed by atoms with Crippen molar-refractivity contribution >= 4 is 5.91 Å². The van der Waals surface area contributed by atoms with Crippen molar-refractivity contribution in [2.75, 3.05) is 13.1 Å². The van der Waals surface area contributed by atoms with Gasteiger partial charge in [0.1, 0.15) is 6.10 Å². The summed E-state index contributed by atoms with van der Waals surface area (Å²) in [5, 5.41) is 19.7. The van der Waals surface area contributed by atoms with Gasteiger partial charge in [0.25, 0.3) is 0 Å². The molecule has 0 spiro atoms. The second kappa shape index (κ2) is 5.61. The number of aliphatic hydroxyl groups is 2. The summed E-state index contributed by atoms with van der Waals surface area (Å²) in [4.78, 5) is 14.3. The number of amides is 1. The number of rotatable bonds is 3. The number of aliphatic hydroxyl groups excluding tert-OH is 2. The van der Waals surface area contributed by atoms with Crippen LogP contribution in [0.1, 0.15) is 34.1 Å². The number of carbonyl (C=O) groups excluding carboxylic acids is 1. The Balaban J connectivity index is 2.54. The third-order valence-corrected chi connectivity index (χ3v) is 5.20. The van der Waals surface area contributed by atoms with Gasteiger partial charge in [-0.15, -0.1) is 0 Å². The predicted octanol–water partition coefficient (Wildman–Crippen LogP) is 0.312. The highest BCUT2D eigenvalue weighted by atomic mass is 19.3. The first-order chi connectivity index (χ1) is 10.4. The van der Waals surface area contributed by atoms with Gasteiger partial charge in [-0.1, -0.05) is 13.8 Å². The number of hydrogen-bond acceptors (Lipinski definition) is 5. The highest BCUT2D eigenvalue weighted by Crippen LogP contribution is 2.55. The molecule has 6 nitrogen and oxygen atoms in total. The van der Waals surface area contributed by atoms with Crippen molar-refractivity contribution in [1.82, 2.24) is 4.90 Å². The average molecular weight is 336 g/mol. The van der Waals surface area contributed by atoms with Gasteiger partial charge in [-0.05, 0) is 25.7 Å². The molecule has 0 aliphatic carbocycles. The van der Waals surface area contributed by atoms with Gasteiger partial charge in [-0.25, -0.2) is 0 Å². The van der Waals surface area contributed by atoms with E-state index in [1.54, 1.807) is 27.7 Å². The Labute approximate surface area is 134 Å². The summed E-state index contributed by atoms with van der Waals surface area (Å²) in [5.41, 5.74) is 2.34. The first-order valence-corrected chi connectivity index (χ1v) is 7.93. The zero-order valence-corrected chi connectivity index (χ0v) is 13.9. The van der Waals surface area contributed by atoms with Crippen LogP contribution < -0.4 is 5.73 Å². The molecule has 5 atom stereocenters. The lowest BCUT2D eigenvalue weighted by Gasteiger charge is -2.59. The van der Waals surface area contributed by atoms with Crippen molar-refractivity contribution in [1.29, 1.82) is 0 Å². The third-order valence-electron chi connectivity index (χ3n) is 5.20. The highest BCUT2D eigenvalue weighted by molar-refractivity contribution is 5.81. The third kappa shape index (κ3) is 2.47. The molecule has 0 aromatic heterocycles. The van der Waals surface area contributed by atoms with E-state index in [2.05, 4.69) is 0 Å². The zero-order chi connectivity index (χ0) is 17.8. The smallest absolute Gasteiger partial charge is 0.318 e. The highest BCUT2D eigenvalue weighted by Gasteiger charge is 2.74. The van der Waals surface area contributed by atoms with Crippen molar-refractivity contribution < 1.29 is 28.5 Å². The maximum absolute atomic E-state index is 14.7. The van der Waals surface area contributed by atoms with Gasteiger partial charge in [0.05, 0.1) is 12.0 Å². The van der Waals surface area contributed by atoms with E-state index in [1.807, 2.05) is 0 Å². The SMILES string of the molecule is CCN(CC)C(=O)[C@H]1C(C)(C)C[C@H]2O[C@]1(N)C(F)(F)[C@H](O)[C@H]2O. The minimum absolute atomic E-state index is 0.151. The van der Waals surface area contributed by atoms with E-state index in [9.17, 15) is 23.8 Å². The molecule has 8 heteroatoms. The quantitative estimate of drug-likeness (QED) is 0.689. The van der Waals surface area contributed by atoms with Crippen LogP contribution in [0.4, 0.5) is 8.78 Å². The fourth-order valence-electron chi connectivity index (χ4n) is 3.92. The fraction of sp³-hybridized carbons (Fsp3) is 0.933. The molecule has 0 saturated carbocycles. The number of nitrogens with zero attached hydrogens (tertiary/aromatic N) is 1. The summed E-state index contributed by atoms with van der Waals surface area (Å²) in [5.74, 6) is -5.80. The minimum Gasteiger partial charge on any atom is -0.387 e. The van der Waals surface area contributed by atoms with Crippen LogP contribution in [0.25, 0.3) is 0 Å². The van der Waals surface area contributed by atoms with Crippen molar-refractivity contribution in [3.63, 3.8) is 0 Å². The summed E-state index contributed by atoms with van der Waals surface area (Å²) in [6.45, 7) is 7.55. The summed E-state index contributed by atoms with van der Waals surface area (Å²) < 4.78 is 34.7. The Morgan fingerprint density at radius 2 is 1.83 bits per heavy atom. The molecule has 2 aliphatic heterocycles. The van der Waals surface area contributed by atoms with Gasteiger partial charge in [0.2, 0.25) is 5.91 Å². The van der Waals surface area contributed by atoms with Crippen LogP contribution in [-0.2, 0) is 9.53 Å². The van der Waals surface area contributed by atoms with Crippen LogP contribution in [-0.4, -0.2) is 64.1 Å². The molecular weight excluding hydrogens is 310 g/mol. The minimum atomic E-state index is -3.95. The summed E-state index contributed by atoms with van der Waals surface area (Å²) in [6, 6.07) is 0. The lowest BCUT2D eigenvalue weighted by Crippen LogP contribution is -2.81. The van der Waals surface area contributed by atoms with Gasteiger partial charge in [0, 0.05) is 13.1 Å². The lowest BCUT2D eigenvalue weighted by molar-refractivity contribution is -0.373. The molecule has 0 aromatic carbocycles. The molecule has 0 aromatic rings. The molecule has 134 valence electrons. The molecule has 1 amide bonds. The Kier molecular flexibility index (Phi) is 4.52. The fourth-order valence-corrected chi connectivity index (χ4v) is 3.92. The Hall–Kier alpha value is -0.830. The van der Waals surface area contributed by atoms with E-state index in [1.165, 1.54) is 4.90 Å². The second-order valence-electron chi connectivity index (χ2n) is 7.14. The van der Waals surface area contributed by atoms with Crippen LogP contribution in [0.2, 0.25) is 0 Å². The number of halogens is 2. The van der Waals surface area contributed by atoms with Crippen molar-refractivity contribution in [3.8, 4) is 0 Å². The van der Waals surface area contributed by atoms with Gasteiger partial charge >= 0.3 is 5.92 Å². The summed E-state index contributed by atoms with van der Waals surface area (Å²) >= 11 is 0. The van der Waals surface area contributed by atoms with E-state index < -0.39 is 47.2 Å². The lowest BCUT2D eigenvalue weighted by atomic mass is 9.61. The maximum Gasteiger partial charge on any atom is 0.318 e. The maximum atomic E-state index is 14.7. The molecule has 0 radical (unpaired) electrons. The van der Waals surface area contributed by atoms with E-state index in [-0.39, 0.29) is 6.42 Å². The molecule has 2 fully saturated rings. The van der Waals surface area contributed by atoms with Gasteiger partial charge < -0.3 is 19.8 Å². The van der Waals surface area contributed by atoms with Crippen LogP contribution in [0.15, 0.2) is 0 Å². The molecule has 2 saturated heterocycles. The van der Waals surface area contributed by atoms with E-state index in [0.717, 1.165) is 0 Å². The molecule has 4 N–H and O–H groups in total. The van der Waals surface area contributed by atoms with Crippen LogP contribution in [0.5, 0.6) is 0 Å². The van der Waals surface area contributed by atoms with Crippen molar-refractivity contribution in [3.05, 3.63) is 0 Å².